The summed E-state index contributed by atoms with van der Waals surface area (Å²) in [5.41, 5.74) is 8.38. The van der Waals surface area contributed by atoms with Crippen LogP contribution in [0.2, 0.25) is 0 Å². The van der Waals surface area contributed by atoms with Gasteiger partial charge in [0.2, 0.25) is 5.91 Å². The summed E-state index contributed by atoms with van der Waals surface area (Å²) in [6, 6.07) is 6.94. The summed E-state index contributed by atoms with van der Waals surface area (Å²) in [7, 11) is 0. The molecule has 8 nitrogen and oxygen atoms in total. The van der Waals surface area contributed by atoms with Crippen LogP contribution in [0.3, 0.4) is 0 Å². The fourth-order valence-electron chi connectivity index (χ4n) is 3.99. The summed E-state index contributed by atoms with van der Waals surface area (Å²) in [5, 5.41) is 5.67. The molecule has 1 fully saturated rings. The lowest BCUT2D eigenvalue weighted by molar-refractivity contribution is -0.139. The SMILES string of the molecule is CCOC(=O)C1=C(CN2CCC(C(N)=O)CC2)NC(=O)NC1c1ccc(CC)cc1. The van der Waals surface area contributed by atoms with Crippen molar-refractivity contribution in [2.24, 2.45) is 11.7 Å². The van der Waals surface area contributed by atoms with Gasteiger partial charge < -0.3 is 21.1 Å². The van der Waals surface area contributed by atoms with Crippen LogP contribution in [0, 0.1) is 5.92 Å². The van der Waals surface area contributed by atoms with Gasteiger partial charge in [-0.1, -0.05) is 31.2 Å². The van der Waals surface area contributed by atoms with Crippen LogP contribution in [0.15, 0.2) is 35.5 Å². The molecule has 3 amide bonds. The minimum Gasteiger partial charge on any atom is -0.463 e. The van der Waals surface area contributed by atoms with E-state index in [1.165, 1.54) is 5.56 Å². The number of aryl methyl sites for hydroxylation is 1. The van der Waals surface area contributed by atoms with E-state index in [-0.39, 0.29) is 24.5 Å². The molecule has 30 heavy (non-hydrogen) atoms. The standard InChI is InChI=1S/C22H30N4O4/c1-3-14-5-7-15(8-6-14)19-18(21(28)30-4-2)17(24-22(29)25-19)13-26-11-9-16(10-12-26)20(23)27/h5-8,16,19H,3-4,9-13H2,1-2H3,(H2,23,27)(H2,24,25,29). The van der Waals surface area contributed by atoms with Crippen LogP contribution in [0.1, 0.15) is 43.9 Å². The highest BCUT2D eigenvalue weighted by Gasteiger charge is 2.35. The van der Waals surface area contributed by atoms with Crippen molar-refractivity contribution in [1.82, 2.24) is 15.5 Å². The van der Waals surface area contributed by atoms with Crippen molar-refractivity contribution in [3.8, 4) is 0 Å². The number of ether oxygens (including phenoxy) is 1. The first-order valence-corrected chi connectivity index (χ1v) is 10.5. The second kappa shape index (κ2) is 9.75. The maximum atomic E-state index is 12.9. The summed E-state index contributed by atoms with van der Waals surface area (Å²) < 4.78 is 5.31. The van der Waals surface area contributed by atoms with Crippen molar-refractivity contribution in [3.63, 3.8) is 0 Å². The molecule has 4 N–H and O–H groups in total. The minimum absolute atomic E-state index is 0.118. The molecule has 3 rings (SSSR count). The minimum atomic E-state index is -0.582. The van der Waals surface area contributed by atoms with Crippen LogP contribution in [0.25, 0.3) is 0 Å². The van der Waals surface area contributed by atoms with Crippen LogP contribution in [0.4, 0.5) is 4.79 Å². The molecule has 0 aromatic heterocycles. The van der Waals surface area contributed by atoms with Crippen molar-refractivity contribution >= 4 is 17.9 Å². The van der Waals surface area contributed by atoms with Crippen LogP contribution in [-0.2, 0) is 20.7 Å². The van der Waals surface area contributed by atoms with E-state index in [4.69, 9.17) is 10.5 Å². The van der Waals surface area contributed by atoms with E-state index in [2.05, 4.69) is 22.5 Å². The van der Waals surface area contributed by atoms with E-state index in [1.54, 1.807) is 6.92 Å². The summed E-state index contributed by atoms with van der Waals surface area (Å²) in [6.45, 7) is 5.82. The number of urea groups is 1. The fourth-order valence-corrected chi connectivity index (χ4v) is 3.99. The number of benzene rings is 1. The Morgan fingerprint density at radius 3 is 2.40 bits per heavy atom. The molecule has 0 aliphatic carbocycles. The van der Waals surface area contributed by atoms with Crippen molar-refractivity contribution in [3.05, 3.63) is 46.7 Å². The number of hydrogen-bond donors (Lipinski definition) is 3. The number of carbonyl (C=O) groups excluding carboxylic acids is 3. The zero-order valence-electron chi connectivity index (χ0n) is 17.6. The summed E-state index contributed by atoms with van der Waals surface area (Å²) >= 11 is 0. The molecule has 1 saturated heterocycles. The van der Waals surface area contributed by atoms with Gasteiger partial charge in [-0.25, -0.2) is 9.59 Å². The number of nitrogens with two attached hydrogens (primary N) is 1. The largest absolute Gasteiger partial charge is 0.463 e. The predicted octanol–water partition coefficient (Wildman–Crippen LogP) is 1.62. The molecule has 1 aromatic carbocycles. The molecule has 0 bridgehead atoms. The van der Waals surface area contributed by atoms with Gasteiger partial charge in [-0.2, -0.15) is 0 Å². The van der Waals surface area contributed by atoms with Crippen LogP contribution in [0.5, 0.6) is 0 Å². The quantitative estimate of drug-likeness (QED) is 0.587. The van der Waals surface area contributed by atoms with E-state index < -0.39 is 12.0 Å². The molecule has 2 heterocycles. The van der Waals surface area contributed by atoms with E-state index in [9.17, 15) is 14.4 Å². The summed E-state index contributed by atoms with van der Waals surface area (Å²) in [4.78, 5) is 38.8. The molecule has 1 atom stereocenters. The van der Waals surface area contributed by atoms with E-state index in [1.807, 2.05) is 24.3 Å². The van der Waals surface area contributed by atoms with Crippen molar-refractivity contribution in [1.29, 1.82) is 0 Å². The average molecular weight is 415 g/mol. The number of carbonyl (C=O) groups is 3. The molecule has 162 valence electrons. The topological polar surface area (TPSA) is 114 Å². The fraction of sp³-hybridized carbons (Fsp3) is 0.500. The molecule has 2 aliphatic heterocycles. The molecule has 0 radical (unpaired) electrons. The number of likely N-dealkylation sites (tertiary alicyclic amines) is 1. The lowest BCUT2D eigenvalue weighted by Crippen LogP contribution is -2.49. The highest BCUT2D eigenvalue weighted by atomic mass is 16.5. The Balaban J connectivity index is 1.89. The van der Waals surface area contributed by atoms with Gasteiger partial charge in [0.1, 0.15) is 0 Å². The first kappa shape index (κ1) is 21.8. The number of nitrogens with one attached hydrogen (secondary N) is 2. The zero-order chi connectivity index (χ0) is 21.7. The maximum absolute atomic E-state index is 12.9. The highest BCUT2D eigenvalue weighted by Crippen LogP contribution is 2.29. The van der Waals surface area contributed by atoms with E-state index >= 15 is 0 Å². The second-order valence-corrected chi connectivity index (χ2v) is 7.69. The number of hydrogen-bond acceptors (Lipinski definition) is 5. The normalized spacial score (nSPS) is 20.5. The van der Waals surface area contributed by atoms with E-state index in [0.717, 1.165) is 12.0 Å². The van der Waals surface area contributed by atoms with Crippen LogP contribution < -0.4 is 16.4 Å². The number of nitrogens with zero attached hydrogens (tertiary/aromatic N) is 1. The number of primary amides is 1. The lowest BCUT2D eigenvalue weighted by Gasteiger charge is -2.34. The van der Waals surface area contributed by atoms with Gasteiger partial charge in [-0.05, 0) is 50.4 Å². The van der Waals surface area contributed by atoms with Gasteiger partial charge in [0.15, 0.2) is 0 Å². The Hall–Kier alpha value is -2.87. The third kappa shape index (κ3) is 4.99. The number of piperidine rings is 1. The van der Waals surface area contributed by atoms with Gasteiger partial charge >= 0.3 is 12.0 Å². The smallest absolute Gasteiger partial charge is 0.338 e. The first-order chi connectivity index (χ1) is 14.4. The third-order valence-electron chi connectivity index (χ3n) is 5.74. The van der Waals surface area contributed by atoms with Gasteiger partial charge in [0.25, 0.3) is 0 Å². The Labute approximate surface area is 176 Å². The Morgan fingerprint density at radius 1 is 1.17 bits per heavy atom. The molecular weight excluding hydrogens is 384 g/mol. The average Bonchev–Trinajstić information content (AvgIpc) is 2.74. The molecular formula is C22H30N4O4. The van der Waals surface area contributed by atoms with Gasteiger partial charge in [0, 0.05) is 18.2 Å². The molecule has 2 aliphatic rings. The molecule has 0 spiro atoms. The van der Waals surface area contributed by atoms with Crippen LogP contribution >= 0.6 is 0 Å². The first-order valence-electron chi connectivity index (χ1n) is 10.5. The maximum Gasteiger partial charge on any atom is 0.338 e. The Morgan fingerprint density at radius 2 is 1.83 bits per heavy atom. The van der Waals surface area contributed by atoms with Crippen LogP contribution in [-0.4, -0.2) is 49.0 Å². The highest BCUT2D eigenvalue weighted by molar-refractivity contribution is 5.95. The van der Waals surface area contributed by atoms with Gasteiger partial charge in [-0.3, -0.25) is 9.69 Å². The number of amides is 3. The number of esters is 1. The third-order valence-corrected chi connectivity index (χ3v) is 5.74. The Kier molecular flexibility index (Phi) is 7.10. The van der Waals surface area contributed by atoms with Crippen molar-refractivity contribution in [2.45, 2.75) is 39.2 Å². The van der Waals surface area contributed by atoms with Gasteiger partial charge in [0.05, 0.1) is 18.2 Å². The van der Waals surface area contributed by atoms with E-state index in [0.29, 0.717) is 43.7 Å². The number of rotatable bonds is 7. The van der Waals surface area contributed by atoms with Gasteiger partial charge in [-0.15, -0.1) is 0 Å². The lowest BCUT2D eigenvalue weighted by atomic mass is 9.93. The molecule has 1 aromatic rings. The second-order valence-electron chi connectivity index (χ2n) is 7.69. The predicted molar refractivity (Wildman–Crippen MR) is 112 cm³/mol. The Bertz CT molecular complexity index is 826. The zero-order valence-corrected chi connectivity index (χ0v) is 17.6. The van der Waals surface area contributed by atoms with Crippen molar-refractivity contribution < 1.29 is 19.1 Å². The molecule has 8 heteroatoms. The summed E-state index contributed by atoms with van der Waals surface area (Å²) in [6.07, 6.45) is 2.25. The monoisotopic (exact) mass is 414 g/mol. The van der Waals surface area contributed by atoms with Crippen molar-refractivity contribution in [2.75, 3.05) is 26.2 Å². The summed E-state index contributed by atoms with van der Waals surface area (Å²) in [5.74, 6) is -0.837. The molecule has 1 unspecified atom stereocenters. The molecule has 0 saturated carbocycles.